The van der Waals surface area contributed by atoms with E-state index in [4.69, 9.17) is 4.74 Å². The summed E-state index contributed by atoms with van der Waals surface area (Å²) in [5.41, 5.74) is 5.27. The Morgan fingerprint density at radius 2 is 1.60 bits per heavy atom. The van der Waals surface area contributed by atoms with Gasteiger partial charge in [-0.05, 0) is 56.0 Å². The van der Waals surface area contributed by atoms with Crippen molar-refractivity contribution in [1.29, 1.82) is 0 Å². The third-order valence-corrected chi connectivity index (χ3v) is 5.27. The second-order valence-corrected chi connectivity index (χ2v) is 7.23. The number of nitrogens with zero attached hydrogens (tertiary/aromatic N) is 1. The van der Waals surface area contributed by atoms with E-state index in [9.17, 15) is 9.59 Å². The molecule has 0 saturated heterocycles. The van der Waals surface area contributed by atoms with Crippen LogP contribution in [0.15, 0.2) is 54.6 Å². The average molecular weight is 405 g/mol. The molecule has 0 saturated carbocycles. The molecule has 0 atom stereocenters. The third-order valence-electron chi connectivity index (χ3n) is 5.27. The van der Waals surface area contributed by atoms with Crippen molar-refractivity contribution < 1.29 is 14.3 Å². The zero-order chi connectivity index (χ0) is 21.7. The van der Waals surface area contributed by atoms with Crippen molar-refractivity contribution in [2.45, 2.75) is 40.7 Å². The SMILES string of the molecule is CCOC(=O)c1c(C)c(C(=O)Nc2ccc(CC)cc2)c(C)n1Cc1ccccc1. The van der Waals surface area contributed by atoms with Crippen LogP contribution in [0.1, 0.15) is 57.1 Å². The summed E-state index contributed by atoms with van der Waals surface area (Å²) in [6, 6.07) is 17.7. The van der Waals surface area contributed by atoms with Gasteiger partial charge in [-0.25, -0.2) is 4.79 Å². The highest BCUT2D eigenvalue weighted by Crippen LogP contribution is 2.26. The number of hydrogen-bond donors (Lipinski definition) is 1. The molecular formula is C25H28N2O3. The Hall–Kier alpha value is -3.34. The molecule has 0 aliphatic rings. The largest absolute Gasteiger partial charge is 0.461 e. The molecule has 0 bridgehead atoms. The fourth-order valence-corrected chi connectivity index (χ4v) is 3.67. The van der Waals surface area contributed by atoms with Crippen molar-refractivity contribution in [3.8, 4) is 0 Å². The Morgan fingerprint density at radius 1 is 0.933 bits per heavy atom. The second-order valence-electron chi connectivity index (χ2n) is 7.23. The Bertz CT molecular complexity index is 1030. The fourth-order valence-electron chi connectivity index (χ4n) is 3.67. The lowest BCUT2D eigenvalue weighted by atomic mass is 10.1. The maximum Gasteiger partial charge on any atom is 0.355 e. The van der Waals surface area contributed by atoms with Gasteiger partial charge in [-0.15, -0.1) is 0 Å². The first-order valence-electron chi connectivity index (χ1n) is 10.3. The van der Waals surface area contributed by atoms with Crippen molar-refractivity contribution in [3.05, 3.63) is 88.2 Å². The zero-order valence-electron chi connectivity index (χ0n) is 18.0. The molecule has 1 N–H and O–H groups in total. The molecule has 156 valence electrons. The monoisotopic (exact) mass is 404 g/mol. The number of hydrogen-bond acceptors (Lipinski definition) is 3. The molecule has 30 heavy (non-hydrogen) atoms. The molecule has 0 aliphatic heterocycles. The Labute approximate surface area is 177 Å². The van der Waals surface area contributed by atoms with Gasteiger partial charge in [-0.1, -0.05) is 49.4 Å². The van der Waals surface area contributed by atoms with E-state index in [2.05, 4.69) is 12.2 Å². The summed E-state index contributed by atoms with van der Waals surface area (Å²) >= 11 is 0. The summed E-state index contributed by atoms with van der Waals surface area (Å²) in [4.78, 5) is 25.9. The number of rotatable bonds is 7. The number of aromatic nitrogens is 1. The molecule has 5 heteroatoms. The molecule has 0 radical (unpaired) electrons. The summed E-state index contributed by atoms with van der Waals surface area (Å²) in [6.45, 7) is 8.30. The van der Waals surface area contributed by atoms with Crippen LogP contribution in [0, 0.1) is 13.8 Å². The Balaban J connectivity index is 1.99. The van der Waals surface area contributed by atoms with Crippen LogP contribution >= 0.6 is 0 Å². The first kappa shape index (κ1) is 21.4. The number of anilines is 1. The highest BCUT2D eigenvalue weighted by Gasteiger charge is 2.27. The lowest BCUT2D eigenvalue weighted by molar-refractivity contribution is 0.0513. The number of carbonyl (C=O) groups excluding carboxylic acids is 2. The minimum absolute atomic E-state index is 0.230. The standard InChI is InChI=1S/C25H28N2O3/c1-5-19-12-14-21(15-13-19)26-24(28)22-17(3)23(25(29)30-6-2)27(18(22)4)16-20-10-8-7-9-11-20/h7-15H,5-6,16H2,1-4H3,(H,26,28). The van der Waals surface area contributed by atoms with E-state index in [0.717, 1.165) is 23.4 Å². The second kappa shape index (κ2) is 9.44. The predicted molar refractivity (Wildman–Crippen MR) is 119 cm³/mol. The first-order valence-corrected chi connectivity index (χ1v) is 10.3. The van der Waals surface area contributed by atoms with Crippen LogP contribution in [-0.2, 0) is 17.7 Å². The highest BCUT2D eigenvalue weighted by molar-refractivity contribution is 6.08. The van der Waals surface area contributed by atoms with Gasteiger partial charge in [0.25, 0.3) is 5.91 Å². The highest BCUT2D eigenvalue weighted by atomic mass is 16.5. The molecule has 3 rings (SSSR count). The van der Waals surface area contributed by atoms with Crippen LogP contribution in [0.4, 0.5) is 5.69 Å². The molecule has 0 spiro atoms. The first-order chi connectivity index (χ1) is 14.5. The minimum Gasteiger partial charge on any atom is -0.461 e. The maximum atomic E-state index is 13.1. The van der Waals surface area contributed by atoms with Gasteiger partial charge in [0.15, 0.2) is 0 Å². The lowest BCUT2D eigenvalue weighted by Crippen LogP contribution is -2.15. The van der Waals surface area contributed by atoms with Crippen LogP contribution in [0.5, 0.6) is 0 Å². The van der Waals surface area contributed by atoms with Gasteiger partial charge in [-0.2, -0.15) is 0 Å². The van der Waals surface area contributed by atoms with E-state index in [1.807, 2.05) is 66.1 Å². The topological polar surface area (TPSA) is 60.3 Å². The van der Waals surface area contributed by atoms with Crippen LogP contribution < -0.4 is 5.32 Å². The molecule has 3 aromatic rings. The van der Waals surface area contributed by atoms with E-state index >= 15 is 0 Å². The minimum atomic E-state index is -0.416. The number of nitrogens with one attached hydrogen (secondary N) is 1. The fraction of sp³-hybridized carbons (Fsp3) is 0.280. The van der Waals surface area contributed by atoms with Gasteiger partial charge in [0.1, 0.15) is 5.69 Å². The molecular weight excluding hydrogens is 376 g/mol. The van der Waals surface area contributed by atoms with Gasteiger partial charge in [0.05, 0.1) is 12.2 Å². The normalized spacial score (nSPS) is 10.7. The maximum absolute atomic E-state index is 13.1. The smallest absolute Gasteiger partial charge is 0.355 e. The predicted octanol–water partition coefficient (Wildman–Crippen LogP) is 5.14. The molecule has 2 aromatic carbocycles. The number of benzene rings is 2. The third kappa shape index (κ3) is 4.46. The van der Waals surface area contributed by atoms with Crippen LogP contribution in [-0.4, -0.2) is 23.1 Å². The Morgan fingerprint density at radius 3 is 2.20 bits per heavy atom. The number of esters is 1. The number of carbonyl (C=O) groups is 2. The van der Waals surface area contributed by atoms with E-state index in [1.54, 1.807) is 13.8 Å². The van der Waals surface area contributed by atoms with Gasteiger partial charge >= 0.3 is 5.97 Å². The van der Waals surface area contributed by atoms with Crippen LogP contribution in [0.3, 0.4) is 0 Å². The number of aryl methyl sites for hydroxylation is 1. The van der Waals surface area contributed by atoms with Crippen molar-refractivity contribution in [2.24, 2.45) is 0 Å². The van der Waals surface area contributed by atoms with Gasteiger partial charge in [0, 0.05) is 17.9 Å². The average Bonchev–Trinajstić information content (AvgIpc) is 2.99. The number of ether oxygens (including phenoxy) is 1. The van der Waals surface area contributed by atoms with Gasteiger partial charge in [-0.3, -0.25) is 4.79 Å². The van der Waals surface area contributed by atoms with Gasteiger partial charge < -0.3 is 14.6 Å². The van der Waals surface area contributed by atoms with Crippen molar-refractivity contribution in [1.82, 2.24) is 4.57 Å². The summed E-state index contributed by atoms with van der Waals surface area (Å²) in [6.07, 6.45) is 0.942. The van der Waals surface area contributed by atoms with E-state index < -0.39 is 5.97 Å². The molecule has 0 aliphatic carbocycles. The molecule has 1 heterocycles. The zero-order valence-corrected chi connectivity index (χ0v) is 18.0. The summed E-state index contributed by atoms with van der Waals surface area (Å²) < 4.78 is 7.16. The van der Waals surface area contributed by atoms with Crippen LogP contribution in [0.25, 0.3) is 0 Å². The molecule has 0 fully saturated rings. The van der Waals surface area contributed by atoms with Crippen LogP contribution in [0.2, 0.25) is 0 Å². The Kier molecular flexibility index (Phi) is 6.72. The van der Waals surface area contributed by atoms with E-state index in [1.165, 1.54) is 5.56 Å². The van der Waals surface area contributed by atoms with Crippen molar-refractivity contribution >= 4 is 17.6 Å². The van der Waals surface area contributed by atoms with Gasteiger partial charge in [0.2, 0.25) is 0 Å². The quantitative estimate of drug-likeness (QED) is 0.554. The molecule has 5 nitrogen and oxygen atoms in total. The summed E-state index contributed by atoms with van der Waals surface area (Å²) in [7, 11) is 0. The molecule has 1 aromatic heterocycles. The van der Waals surface area contributed by atoms with E-state index in [-0.39, 0.29) is 12.5 Å². The summed E-state index contributed by atoms with van der Waals surface area (Å²) in [5, 5.41) is 2.96. The molecule has 1 amide bonds. The summed E-state index contributed by atoms with van der Waals surface area (Å²) in [5.74, 6) is -0.646. The van der Waals surface area contributed by atoms with E-state index in [0.29, 0.717) is 23.4 Å². The number of amides is 1. The van der Waals surface area contributed by atoms with Crippen molar-refractivity contribution in [2.75, 3.05) is 11.9 Å². The lowest BCUT2D eigenvalue weighted by Gasteiger charge is -2.12. The molecule has 0 unspecified atom stereocenters. The van der Waals surface area contributed by atoms with Crippen molar-refractivity contribution in [3.63, 3.8) is 0 Å².